The predicted molar refractivity (Wildman–Crippen MR) is 92.8 cm³/mol. The number of hydrogen-bond donors (Lipinski definition) is 2. The van der Waals surface area contributed by atoms with Crippen molar-refractivity contribution in [2.45, 2.75) is 37.8 Å². The van der Waals surface area contributed by atoms with E-state index in [2.05, 4.69) is 39.8 Å². The van der Waals surface area contributed by atoms with Gasteiger partial charge >= 0.3 is 0 Å². The quantitative estimate of drug-likeness (QED) is 0.875. The highest BCUT2D eigenvalue weighted by atomic mass is 16.5. The molecule has 3 heterocycles. The van der Waals surface area contributed by atoms with Crippen molar-refractivity contribution in [3.63, 3.8) is 0 Å². The van der Waals surface area contributed by atoms with E-state index in [1.54, 1.807) is 0 Å². The van der Waals surface area contributed by atoms with E-state index < -0.39 is 0 Å². The second-order valence-corrected chi connectivity index (χ2v) is 7.49. The third-order valence-corrected chi connectivity index (χ3v) is 5.80. The molecule has 0 aromatic heterocycles. The Kier molecular flexibility index (Phi) is 4.56. The van der Waals surface area contributed by atoms with E-state index in [1.165, 1.54) is 51.1 Å². The molecular weight excluding hydrogens is 286 g/mol. The van der Waals surface area contributed by atoms with E-state index in [1.807, 2.05) is 0 Å². The van der Waals surface area contributed by atoms with Crippen LogP contribution >= 0.6 is 0 Å². The van der Waals surface area contributed by atoms with Crippen LogP contribution in [0, 0.1) is 5.92 Å². The largest absolute Gasteiger partial charge is 0.486 e. The summed E-state index contributed by atoms with van der Waals surface area (Å²) in [6, 6.07) is 8.49. The molecule has 0 bridgehead atoms. The molecule has 0 unspecified atom stereocenters. The topological polar surface area (TPSA) is 36.5 Å². The summed E-state index contributed by atoms with van der Waals surface area (Å²) in [5, 5.41) is 7.08. The lowest BCUT2D eigenvalue weighted by atomic mass is 9.89. The summed E-state index contributed by atoms with van der Waals surface area (Å²) in [7, 11) is 0. The molecule has 23 heavy (non-hydrogen) atoms. The molecule has 0 amide bonds. The average Bonchev–Trinajstić information content (AvgIpc) is 2.77. The Morgan fingerprint density at radius 1 is 1.09 bits per heavy atom. The first-order valence-corrected chi connectivity index (χ1v) is 9.24. The van der Waals surface area contributed by atoms with Crippen molar-refractivity contribution < 1.29 is 4.74 Å². The maximum absolute atomic E-state index is 6.52. The molecule has 0 saturated carbocycles. The van der Waals surface area contributed by atoms with E-state index in [4.69, 9.17) is 4.74 Å². The summed E-state index contributed by atoms with van der Waals surface area (Å²) >= 11 is 0. The SMILES string of the molecule is c1ccc2c(c1)CNCC1(CCN(CC3CCNCC3)CC1)O2. The Labute approximate surface area is 139 Å². The van der Waals surface area contributed by atoms with Crippen molar-refractivity contribution >= 4 is 0 Å². The van der Waals surface area contributed by atoms with Gasteiger partial charge in [-0.25, -0.2) is 0 Å². The summed E-state index contributed by atoms with van der Waals surface area (Å²) in [6.45, 7) is 7.93. The number of fused-ring (bicyclic) bond motifs is 1. The van der Waals surface area contributed by atoms with Gasteiger partial charge < -0.3 is 20.3 Å². The molecule has 2 fully saturated rings. The van der Waals surface area contributed by atoms with Crippen molar-refractivity contribution in [3.8, 4) is 5.75 Å². The number of para-hydroxylation sites is 1. The zero-order valence-corrected chi connectivity index (χ0v) is 14.0. The zero-order chi connectivity index (χ0) is 15.5. The summed E-state index contributed by atoms with van der Waals surface area (Å²) in [5.74, 6) is 1.98. The molecule has 2 saturated heterocycles. The summed E-state index contributed by atoms with van der Waals surface area (Å²) < 4.78 is 6.52. The lowest BCUT2D eigenvalue weighted by molar-refractivity contribution is 0.000998. The maximum Gasteiger partial charge on any atom is 0.124 e. The lowest BCUT2D eigenvalue weighted by Gasteiger charge is -2.42. The summed E-state index contributed by atoms with van der Waals surface area (Å²) in [6.07, 6.45) is 4.96. The van der Waals surface area contributed by atoms with Crippen LogP contribution < -0.4 is 15.4 Å². The molecule has 4 heteroatoms. The van der Waals surface area contributed by atoms with Gasteiger partial charge in [-0.05, 0) is 37.9 Å². The Hall–Kier alpha value is -1.10. The molecular formula is C19H29N3O. The molecule has 3 aliphatic heterocycles. The number of rotatable bonds is 2. The standard InChI is InChI=1S/C19H29N3O/c1-2-4-18-17(3-1)13-21-15-19(23-18)7-11-22(12-8-19)14-16-5-9-20-10-6-16/h1-4,16,20-21H,5-15H2. The van der Waals surface area contributed by atoms with E-state index in [0.29, 0.717) is 0 Å². The van der Waals surface area contributed by atoms with Crippen molar-refractivity contribution in [3.05, 3.63) is 29.8 Å². The molecule has 1 aromatic rings. The van der Waals surface area contributed by atoms with Crippen LogP contribution in [0.1, 0.15) is 31.2 Å². The molecule has 1 spiro atoms. The van der Waals surface area contributed by atoms with E-state index in [9.17, 15) is 0 Å². The highest BCUT2D eigenvalue weighted by Crippen LogP contribution is 2.33. The van der Waals surface area contributed by atoms with Crippen LogP contribution in [0.4, 0.5) is 0 Å². The van der Waals surface area contributed by atoms with Crippen molar-refractivity contribution in [1.82, 2.24) is 15.5 Å². The molecule has 0 atom stereocenters. The van der Waals surface area contributed by atoms with E-state index >= 15 is 0 Å². The number of nitrogens with one attached hydrogen (secondary N) is 2. The molecule has 2 N–H and O–H groups in total. The van der Waals surface area contributed by atoms with Crippen LogP contribution in [-0.4, -0.2) is 49.8 Å². The molecule has 0 aliphatic carbocycles. The third-order valence-electron chi connectivity index (χ3n) is 5.80. The number of piperidine rings is 2. The molecule has 3 aliphatic rings. The lowest BCUT2D eigenvalue weighted by Crippen LogP contribution is -2.53. The minimum absolute atomic E-state index is 0.00275. The van der Waals surface area contributed by atoms with Crippen molar-refractivity contribution in [1.29, 1.82) is 0 Å². The van der Waals surface area contributed by atoms with Crippen LogP contribution in [0.2, 0.25) is 0 Å². The fourth-order valence-electron chi connectivity index (χ4n) is 4.30. The second kappa shape index (κ2) is 6.80. The van der Waals surface area contributed by atoms with E-state index in [0.717, 1.165) is 37.6 Å². The van der Waals surface area contributed by atoms with Crippen LogP contribution in [0.25, 0.3) is 0 Å². The fraction of sp³-hybridized carbons (Fsp3) is 0.684. The Morgan fingerprint density at radius 3 is 2.70 bits per heavy atom. The van der Waals surface area contributed by atoms with Gasteiger partial charge in [0, 0.05) is 51.1 Å². The molecule has 0 radical (unpaired) electrons. The van der Waals surface area contributed by atoms with Crippen LogP contribution in [-0.2, 0) is 6.54 Å². The van der Waals surface area contributed by atoms with Gasteiger partial charge in [-0.2, -0.15) is 0 Å². The van der Waals surface area contributed by atoms with Crippen molar-refractivity contribution in [2.24, 2.45) is 5.92 Å². The molecule has 126 valence electrons. The van der Waals surface area contributed by atoms with Gasteiger partial charge in [0.1, 0.15) is 11.4 Å². The summed E-state index contributed by atoms with van der Waals surface area (Å²) in [5.41, 5.74) is 1.29. The zero-order valence-electron chi connectivity index (χ0n) is 14.0. The Bertz CT molecular complexity index is 519. The highest BCUT2D eigenvalue weighted by molar-refractivity contribution is 5.34. The Morgan fingerprint density at radius 2 is 1.87 bits per heavy atom. The normalized spacial score (nSPS) is 25.6. The third kappa shape index (κ3) is 3.54. The minimum atomic E-state index is -0.00275. The van der Waals surface area contributed by atoms with Gasteiger partial charge in [0.2, 0.25) is 0 Å². The number of hydrogen-bond acceptors (Lipinski definition) is 4. The first kappa shape index (κ1) is 15.4. The first-order valence-electron chi connectivity index (χ1n) is 9.24. The predicted octanol–water partition coefficient (Wildman–Crippen LogP) is 2.00. The van der Waals surface area contributed by atoms with Gasteiger partial charge in [0.15, 0.2) is 0 Å². The van der Waals surface area contributed by atoms with Crippen LogP contribution in [0.3, 0.4) is 0 Å². The minimum Gasteiger partial charge on any atom is -0.486 e. The van der Waals surface area contributed by atoms with Crippen LogP contribution in [0.5, 0.6) is 5.75 Å². The van der Waals surface area contributed by atoms with Gasteiger partial charge in [0.25, 0.3) is 0 Å². The fourth-order valence-corrected chi connectivity index (χ4v) is 4.30. The first-order chi connectivity index (χ1) is 11.3. The monoisotopic (exact) mass is 315 g/mol. The Balaban J connectivity index is 1.36. The van der Waals surface area contributed by atoms with Gasteiger partial charge in [-0.1, -0.05) is 18.2 Å². The number of ether oxygens (including phenoxy) is 1. The molecule has 4 rings (SSSR count). The molecule has 1 aromatic carbocycles. The van der Waals surface area contributed by atoms with Gasteiger partial charge in [-0.15, -0.1) is 0 Å². The van der Waals surface area contributed by atoms with Crippen molar-refractivity contribution in [2.75, 3.05) is 39.3 Å². The number of nitrogens with zero attached hydrogens (tertiary/aromatic N) is 1. The van der Waals surface area contributed by atoms with E-state index in [-0.39, 0.29) is 5.60 Å². The summed E-state index contributed by atoms with van der Waals surface area (Å²) in [4.78, 5) is 2.67. The highest BCUT2D eigenvalue weighted by Gasteiger charge is 2.38. The average molecular weight is 315 g/mol. The second-order valence-electron chi connectivity index (χ2n) is 7.49. The smallest absolute Gasteiger partial charge is 0.124 e. The number of benzene rings is 1. The number of likely N-dealkylation sites (tertiary alicyclic amines) is 1. The maximum atomic E-state index is 6.52. The van der Waals surface area contributed by atoms with Gasteiger partial charge in [-0.3, -0.25) is 0 Å². The van der Waals surface area contributed by atoms with Gasteiger partial charge in [0.05, 0.1) is 0 Å². The molecule has 4 nitrogen and oxygen atoms in total. The van der Waals surface area contributed by atoms with Crippen LogP contribution in [0.15, 0.2) is 24.3 Å².